The lowest BCUT2D eigenvalue weighted by atomic mass is 10.1. The zero-order valence-corrected chi connectivity index (χ0v) is 15.3. The minimum absolute atomic E-state index is 0.193. The summed E-state index contributed by atoms with van der Waals surface area (Å²) in [7, 11) is 0. The number of aromatic nitrogens is 1. The van der Waals surface area contributed by atoms with Gasteiger partial charge in [-0.05, 0) is 30.9 Å². The Morgan fingerprint density at radius 3 is 2.13 bits per heavy atom. The molecule has 0 saturated carbocycles. The quantitative estimate of drug-likeness (QED) is 0.878. The Morgan fingerprint density at radius 1 is 1.09 bits per heavy atom. The van der Waals surface area contributed by atoms with Crippen molar-refractivity contribution in [2.45, 2.75) is 54.4 Å². The van der Waals surface area contributed by atoms with E-state index in [9.17, 15) is 4.79 Å². The molecule has 0 fully saturated rings. The van der Waals surface area contributed by atoms with Gasteiger partial charge in [-0.15, -0.1) is 0 Å². The summed E-state index contributed by atoms with van der Waals surface area (Å²) < 4.78 is 4.86. The molecule has 0 unspecified atom stereocenters. The van der Waals surface area contributed by atoms with Gasteiger partial charge in [-0.25, -0.2) is 0 Å². The van der Waals surface area contributed by atoms with E-state index in [0.717, 1.165) is 12.8 Å². The molecule has 0 radical (unpaired) electrons. The minimum atomic E-state index is -0.193. The molecule has 1 N–H and O–H groups in total. The lowest BCUT2D eigenvalue weighted by molar-refractivity contribution is 0.0945. The van der Waals surface area contributed by atoms with Gasteiger partial charge >= 0.3 is 0 Å². The van der Waals surface area contributed by atoms with Crippen LogP contribution >= 0.6 is 0 Å². The topological polar surface area (TPSA) is 55.1 Å². The number of nitrogens with zero attached hydrogens (tertiary/aromatic N) is 1. The molecule has 1 heterocycles. The molecule has 0 aliphatic rings. The summed E-state index contributed by atoms with van der Waals surface area (Å²) in [6.45, 7) is 12.5. The standard InChI is InChI=1S/C15H18N2O2.2C2H6/c1-3-12-4-6-13(7-5-12)8-9-16-15(18)14-10-11(2)19-17-14;2*1-2/h4-7,10H,3,8-9H2,1-2H3,(H,16,18);2*1-2H3. The van der Waals surface area contributed by atoms with Crippen LogP contribution in [0.25, 0.3) is 0 Å². The number of nitrogens with one attached hydrogen (secondary N) is 1. The summed E-state index contributed by atoms with van der Waals surface area (Å²) in [5.74, 6) is 0.447. The van der Waals surface area contributed by atoms with E-state index < -0.39 is 0 Å². The van der Waals surface area contributed by atoms with Crippen LogP contribution in [0.4, 0.5) is 0 Å². The Morgan fingerprint density at radius 2 is 1.65 bits per heavy atom. The van der Waals surface area contributed by atoms with Crippen LogP contribution in [0.5, 0.6) is 0 Å². The highest BCUT2D eigenvalue weighted by molar-refractivity contribution is 5.92. The average molecular weight is 318 g/mol. The summed E-state index contributed by atoms with van der Waals surface area (Å²) in [6, 6.07) is 10.1. The zero-order chi connectivity index (χ0) is 17.7. The molecule has 2 rings (SSSR count). The van der Waals surface area contributed by atoms with Gasteiger partial charge in [0, 0.05) is 12.6 Å². The Bertz CT molecular complexity index is 545. The van der Waals surface area contributed by atoms with Gasteiger partial charge in [0.15, 0.2) is 5.69 Å². The molecular formula is C19H30N2O2. The summed E-state index contributed by atoms with van der Waals surface area (Å²) in [6.07, 6.45) is 1.86. The lowest BCUT2D eigenvalue weighted by Crippen LogP contribution is -2.25. The predicted octanol–water partition coefficient (Wildman–Crippen LogP) is 4.57. The first-order valence-electron chi connectivity index (χ1n) is 8.48. The van der Waals surface area contributed by atoms with Crippen molar-refractivity contribution in [3.63, 3.8) is 0 Å². The largest absolute Gasteiger partial charge is 0.361 e. The number of carbonyl (C=O) groups excluding carboxylic acids is 1. The molecule has 0 saturated heterocycles. The van der Waals surface area contributed by atoms with Crippen molar-refractivity contribution < 1.29 is 9.32 Å². The number of hydrogen-bond acceptors (Lipinski definition) is 3. The second-order valence-corrected chi connectivity index (χ2v) is 4.50. The summed E-state index contributed by atoms with van der Waals surface area (Å²) in [4.78, 5) is 11.7. The lowest BCUT2D eigenvalue weighted by Gasteiger charge is -2.04. The van der Waals surface area contributed by atoms with Gasteiger partial charge in [0.05, 0.1) is 0 Å². The Balaban J connectivity index is 0.00000112. The van der Waals surface area contributed by atoms with E-state index in [-0.39, 0.29) is 5.91 Å². The molecule has 4 heteroatoms. The first kappa shape index (κ1) is 20.9. The van der Waals surface area contributed by atoms with E-state index in [2.05, 4.69) is 41.7 Å². The van der Waals surface area contributed by atoms with Gasteiger partial charge in [0.25, 0.3) is 5.91 Å². The van der Waals surface area contributed by atoms with E-state index in [0.29, 0.717) is 18.0 Å². The Hall–Kier alpha value is -2.10. The number of rotatable bonds is 5. The summed E-state index contributed by atoms with van der Waals surface area (Å²) in [5.41, 5.74) is 2.87. The van der Waals surface area contributed by atoms with E-state index in [1.165, 1.54) is 11.1 Å². The Kier molecular flexibility index (Phi) is 11.3. The van der Waals surface area contributed by atoms with Crippen molar-refractivity contribution >= 4 is 5.91 Å². The third-order valence-corrected chi connectivity index (χ3v) is 2.99. The maximum absolute atomic E-state index is 11.7. The van der Waals surface area contributed by atoms with Gasteiger partial charge in [-0.2, -0.15) is 0 Å². The molecule has 0 aliphatic carbocycles. The molecule has 128 valence electrons. The number of hydrogen-bond donors (Lipinski definition) is 1. The normalized spacial score (nSPS) is 9.13. The summed E-state index contributed by atoms with van der Waals surface area (Å²) in [5, 5.41) is 6.50. The second kappa shape index (κ2) is 12.4. The van der Waals surface area contributed by atoms with Crippen molar-refractivity contribution in [1.82, 2.24) is 10.5 Å². The van der Waals surface area contributed by atoms with Crippen LogP contribution in [0.2, 0.25) is 0 Å². The molecule has 1 aromatic carbocycles. The SMILES string of the molecule is CC.CC.CCc1ccc(CCNC(=O)c2cc(C)on2)cc1. The predicted molar refractivity (Wildman–Crippen MR) is 95.8 cm³/mol. The molecule has 0 atom stereocenters. The van der Waals surface area contributed by atoms with Crippen LogP contribution < -0.4 is 5.32 Å². The van der Waals surface area contributed by atoms with Crippen molar-refractivity contribution in [2.24, 2.45) is 0 Å². The molecule has 4 nitrogen and oxygen atoms in total. The maximum Gasteiger partial charge on any atom is 0.273 e. The molecule has 2 aromatic rings. The third kappa shape index (κ3) is 7.63. The molecule has 23 heavy (non-hydrogen) atoms. The molecule has 0 spiro atoms. The number of benzene rings is 1. The Labute approximate surface area is 140 Å². The fraction of sp³-hybridized carbons (Fsp3) is 0.474. The molecule has 0 aliphatic heterocycles. The van der Waals surface area contributed by atoms with E-state index in [1.807, 2.05) is 27.7 Å². The van der Waals surface area contributed by atoms with Gasteiger partial charge in [-0.3, -0.25) is 4.79 Å². The van der Waals surface area contributed by atoms with Crippen LogP contribution in [0.3, 0.4) is 0 Å². The van der Waals surface area contributed by atoms with E-state index in [1.54, 1.807) is 13.0 Å². The fourth-order valence-electron chi connectivity index (χ4n) is 1.83. The number of aryl methyl sites for hydroxylation is 2. The van der Waals surface area contributed by atoms with Crippen LogP contribution in [-0.4, -0.2) is 17.6 Å². The van der Waals surface area contributed by atoms with Crippen LogP contribution in [-0.2, 0) is 12.8 Å². The van der Waals surface area contributed by atoms with Crippen LogP contribution in [0.15, 0.2) is 34.9 Å². The van der Waals surface area contributed by atoms with Gasteiger partial charge in [-0.1, -0.05) is 64.0 Å². The highest BCUT2D eigenvalue weighted by Crippen LogP contribution is 2.05. The molecule has 0 bridgehead atoms. The maximum atomic E-state index is 11.7. The smallest absolute Gasteiger partial charge is 0.273 e. The van der Waals surface area contributed by atoms with Crippen molar-refractivity contribution in [3.05, 3.63) is 52.9 Å². The van der Waals surface area contributed by atoms with Gasteiger partial charge in [0.1, 0.15) is 5.76 Å². The van der Waals surface area contributed by atoms with Crippen molar-refractivity contribution in [2.75, 3.05) is 6.54 Å². The van der Waals surface area contributed by atoms with Gasteiger partial charge in [0.2, 0.25) is 0 Å². The molecule has 1 aromatic heterocycles. The number of amides is 1. The monoisotopic (exact) mass is 318 g/mol. The van der Waals surface area contributed by atoms with Crippen molar-refractivity contribution in [1.29, 1.82) is 0 Å². The zero-order valence-electron chi connectivity index (χ0n) is 15.3. The first-order valence-corrected chi connectivity index (χ1v) is 8.48. The van der Waals surface area contributed by atoms with Crippen LogP contribution in [0, 0.1) is 6.92 Å². The van der Waals surface area contributed by atoms with Gasteiger partial charge < -0.3 is 9.84 Å². The van der Waals surface area contributed by atoms with Crippen LogP contribution in [0.1, 0.15) is 62.0 Å². The van der Waals surface area contributed by atoms with E-state index in [4.69, 9.17) is 4.52 Å². The third-order valence-electron chi connectivity index (χ3n) is 2.99. The fourth-order valence-corrected chi connectivity index (χ4v) is 1.83. The van der Waals surface area contributed by atoms with E-state index >= 15 is 0 Å². The molecule has 1 amide bonds. The average Bonchev–Trinajstić information content (AvgIpc) is 3.05. The number of carbonyl (C=O) groups is 1. The second-order valence-electron chi connectivity index (χ2n) is 4.50. The molecular weight excluding hydrogens is 288 g/mol. The van der Waals surface area contributed by atoms with Crippen molar-refractivity contribution in [3.8, 4) is 0 Å². The summed E-state index contributed by atoms with van der Waals surface area (Å²) >= 11 is 0. The minimum Gasteiger partial charge on any atom is -0.361 e. The highest BCUT2D eigenvalue weighted by atomic mass is 16.5. The highest BCUT2D eigenvalue weighted by Gasteiger charge is 2.09. The first-order chi connectivity index (χ1) is 11.2.